The number of ether oxygens (including phenoxy) is 4. The number of carboxylic acids is 1. The van der Waals surface area contributed by atoms with E-state index < -0.39 is 30.3 Å². The van der Waals surface area contributed by atoms with Crippen LogP contribution in [0.3, 0.4) is 0 Å². The second-order valence-corrected chi connectivity index (χ2v) is 13.1. The van der Waals surface area contributed by atoms with E-state index in [0.717, 1.165) is 53.8 Å². The Morgan fingerprint density at radius 1 is 1.06 bits per heavy atom. The van der Waals surface area contributed by atoms with Crippen LogP contribution in [0.2, 0.25) is 0 Å². The van der Waals surface area contributed by atoms with Crippen LogP contribution in [0.5, 0.6) is 17.2 Å². The number of hydrogen-bond donors (Lipinski definition) is 4. The summed E-state index contributed by atoms with van der Waals surface area (Å²) in [6.45, 7) is 4.94. The van der Waals surface area contributed by atoms with E-state index in [4.69, 9.17) is 18.9 Å². The molecule has 0 saturated carbocycles. The molecule has 2 unspecified atom stereocenters. The van der Waals surface area contributed by atoms with E-state index in [0.29, 0.717) is 30.8 Å². The molecule has 3 aromatic rings. The summed E-state index contributed by atoms with van der Waals surface area (Å²) in [5.74, 6) is 0.686. The Labute approximate surface area is 292 Å². The molecule has 0 spiro atoms. The molecule has 2 heterocycles. The number of alkyl carbamates (subject to hydrolysis) is 1. The molecule has 4 atom stereocenters. The van der Waals surface area contributed by atoms with E-state index in [9.17, 15) is 19.5 Å². The molecule has 13 heteroatoms. The first-order chi connectivity index (χ1) is 24.1. The third kappa shape index (κ3) is 8.88. The maximum atomic E-state index is 12.8. The quantitative estimate of drug-likeness (QED) is 0.119. The van der Waals surface area contributed by atoms with Gasteiger partial charge in [-0.05, 0) is 88.8 Å². The second-order valence-electron chi connectivity index (χ2n) is 13.1. The minimum atomic E-state index is -1.17. The summed E-state index contributed by atoms with van der Waals surface area (Å²) in [4.78, 5) is 44.8. The number of amides is 2. The molecule has 270 valence electrons. The van der Waals surface area contributed by atoms with Crippen LogP contribution in [0.15, 0.2) is 48.7 Å². The summed E-state index contributed by atoms with van der Waals surface area (Å²) >= 11 is 0. The van der Waals surface area contributed by atoms with Gasteiger partial charge in [0.1, 0.15) is 24.0 Å². The van der Waals surface area contributed by atoms with Gasteiger partial charge in [-0.3, -0.25) is 0 Å². The number of hydrogen-bond acceptors (Lipinski definition) is 9. The van der Waals surface area contributed by atoms with Gasteiger partial charge in [-0.1, -0.05) is 25.1 Å². The van der Waals surface area contributed by atoms with Crippen LogP contribution in [0.25, 0.3) is 10.9 Å². The zero-order valence-electron chi connectivity index (χ0n) is 29.5. The molecule has 5 rings (SSSR count). The monoisotopic (exact) mass is 691 g/mol. The van der Waals surface area contributed by atoms with Gasteiger partial charge in [0.2, 0.25) is 0 Å². The minimum Gasteiger partial charge on any atom is -0.493 e. The zero-order chi connectivity index (χ0) is 35.8. The van der Waals surface area contributed by atoms with Gasteiger partial charge in [-0.25, -0.2) is 14.4 Å². The number of nitrogens with one attached hydrogen (secondary N) is 3. The van der Waals surface area contributed by atoms with Gasteiger partial charge in [0.25, 0.3) is 0 Å². The first kappa shape index (κ1) is 36.5. The van der Waals surface area contributed by atoms with Crippen LogP contribution in [-0.4, -0.2) is 104 Å². The largest absolute Gasteiger partial charge is 0.493 e. The van der Waals surface area contributed by atoms with Gasteiger partial charge < -0.3 is 49.5 Å². The first-order valence-corrected chi connectivity index (χ1v) is 17.2. The van der Waals surface area contributed by atoms with E-state index in [1.54, 1.807) is 19.2 Å². The van der Waals surface area contributed by atoms with Crippen molar-refractivity contribution in [2.45, 2.75) is 69.7 Å². The second kappa shape index (κ2) is 16.8. The Morgan fingerprint density at radius 2 is 1.88 bits per heavy atom. The molecular weight excluding hydrogens is 642 g/mol. The van der Waals surface area contributed by atoms with Crippen molar-refractivity contribution in [1.82, 2.24) is 25.4 Å². The standard InChI is InChI=1S/C37H49N5O8/c1-6-42(4)22-24-13-16-30(47-5)34-32(24)26-15-14-25(20-31(26)49-34)48-36(45)38-18-8-7-10-28(35(43)44)40-37(46)50-29-12-9-11-27-33(29)23(21-39-27)17-19-41(2)3/h9,11-16,21,25-26,28,31,39H,6-8,10,17-20,22H2,1-5H3,(H,38,45)(H,40,46)(H,43,44)/t25-,26?,28+,31?/m0/s1. The number of fused-ring (bicyclic) bond motifs is 4. The van der Waals surface area contributed by atoms with Gasteiger partial charge >= 0.3 is 18.2 Å². The summed E-state index contributed by atoms with van der Waals surface area (Å²) < 4.78 is 23.2. The molecule has 1 aromatic heterocycles. The number of likely N-dealkylation sites (N-methyl/N-ethyl adjacent to an activating group) is 1. The number of aromatic amines is 1. The van der Waals surface area contributed by atoms with Crippen molar-refractivity contribution in [2.24, 2.45) is 0 Å². The Morgan fingerprint density at radius 3 is 2.62 bits per heavy atom. The Bertz CT molecular complexity index is 1690. The van der Waals surface area contributed by atoms with E-state index in [1.165, 1.54) is 5.56 Å². The molecular formula is C37H49N5O8. The number of carboxylic acid groups (broad SMARTS) is 1. The van der Waals surface area contributed by atoms with Gasteiger partial charge in [-0.2, -0.15) is 0 Å². The van der Waals surface area contributed by atoms with Gasteiger partial charge in [-0.15, -0.1) is 0 Å². The number of aliphatic carboxylic acids is 1. The summed E-state index contributed by atoms with van der Waals surface area (Å²) in [6, 6.07) is 8.24. The van der Waals surface area contributed by atoms with E-state index in [2.05, 4.69) is 51.5 Å². The highest BCUT2D eigenvalue weighted by molar-refractivity contribution is 5.91. The molecule has 1 aliphatic carbocycles. The molecule has 4 N–H and O–H groups in total. The van der Waals surface area contributed by atoms with Gasteiger partial charge in [0.15, 0.2) is 11.5 Å². The average Bonchev–Trinajstić information content (AvgIpc) is 3.69. The molecule has 0 fully saturated rings. The van der Waals surface area contributed by atoms with E-state index in [-0.39, 0.29) is 25.0 Å². The van der Waals surface area contributed by atoms with Crippen molar-refractivity contribution in [3.8, 4) is 17.2 Å². The van der Waals surface area contributed by atoms with Crippen LogP contribution >= 0.6 is 0 Å². The number of rotatable bonds is 16. The summed E-state index contributed by atoms with van der Waals surface area (Å²) in [6.07, 6.45) is 6.19. The lowest BCUT2D eigenvalue weighted by atomic mass is 9.85. The van der Waals surface area contributed by atoms with Crippen LogP contribution in [0.4, 0.5) is 9.59 Å². The SMILES string of the molecule is CCN(C)Cc1ccc(OC)c2c1C1C=C[C@H](OC(=O)NCCCC[C@@H](NC(=O)Oc3cccc4[nH]cc(CCN(C)C)c34)C(=O)O)CC1O2. The summed E-state index contributed by atoms with van der Waals surface area (Å²) in [5.41, 5.74) is 4.15. The van der Waals surface area contributed by atoms with Crippen LogP contribution in [0.1, 0.15) is 55.2 Å². The van der Waals surface area contributed by atoms with Crippen molar-refractivity contribution in [1.29, 1.82) is 0 Å². The highest BCUT2D eigenvalue weighted by Gasteiger charge is 2.41. The fraction of sp³-hybridized carbons (Fsp3) is 0.486. The van der Waals surface area contributed by atoms with Crippen molar-refractivity contribution in [2.75, 3.05) is 47.9 Å². The first-order valence-electron chi connectivity index (χ1n) is 17.2. The number of carbonyl (C=O) groups excluding carboxylic acids is 2. The molecule has 13 nitrogen and oxygen atoms in total. The lowest BCUT2D eigenvalue weighted by Crippen LogP contribution is -2.42. The van der Waals surface area contributed by atoms with Crippen molar-refractivity contribution in [3.05, 3.63) is 65.4 Å². The van der Waals surface area contributed by atoms with Crippen LogP contribution in [-0.2, 0) is 22.5 Å². The Hall–Kier alpha value is -4.75. The lowest BCUT2D eigenvalue weighted by Gasteiger charge is -2.26. The topological polar surface area (TPSA) is 155 Å². The average molecular weight is 692 g/mol. The minimum absolute atomic E-state index is 0.0456. The number of carbonyl (C=O) groups is 3. The predicted molar refractivity (Wildman–Crippen MR) is 189 cm³/mol. The highest BCUT2D eigenvalue weighted by atomic mass is 16.6. The highest BCUT2D eigenvalue weighted by Crippen LogP contribution is 2.49. The molecule has 2 amide bonds. The number of benzene rings is 2. The predicted octanol–water partition coefficient (Wildman–Crippen LogP) is 5.04. The molecule has 50 heavy (non-hydrogen) atoms. The lowest BCUT2D eigenvalue weighted by molar-refractivity contribution is -0.139. The fourth-order valence-corrected chi connectivity index (χ4v) is 6.49. The number of aromatic nitrogens is 1. The maximum Gasteiger partial charge on any atom is 0.413 e. The molecule has 0 radical (unpaired) electrons. The Balaban J connectivity index is 1.06. The van der Waals surface area contributed by atoms with Crippen molar-refractivity contribution >= 4 is 29.1 Å². The molecule has 2 aliphatic rings. The normalized spacial score (nSPS) is 18.3. The molecule has 2 aromatic carbocycles. The summed E-state index contributed by atoms with van der Waals surface area (Å²) in [5, 5.41) is 15.8. The third-order valence-corrected chi connectivity index (χ3v) is 9.27. The smallest absolute Gasteiger partial charge is 0.413 e. The van der Waals surface area contributed by atoms with E-state index >= 15 is 0 Å². The van der Waals surface area contributed by atoms with Gasteiger partial charge in [0, 0.05) is 54.6 Å². The van der Waals surface area contributed by atoms with Gasteiger partial charge in [0.05, 0.1) is 7.11 Å². The fourth-order valence-electron chi connectivity index (χ4n) is 6.49. The maximum absolute atomic E-state index is 12.8. The molecule has 0 bridgehead atoms. The third-order valence-electron chi connectivity index (χ3n) is 9.27. The van der Waals surface area contributed by atoms with Crippen LogP contribution in [0, 0.1) is 0 Å². The molecule has 1 aliphatic heterocycles. The van der Waals surface area contributed by atoms with Crippen molar-refractivity contribution < 1.29 is 38.4 Å². The number of unbranched alkanes of at least 4 members (excludes halogenated alkanes) is 1. The zero-order valence-corrected chi connectivity index (χ0v) is 29.5. The van der Waals surface area contributed by atoms with Crippen molar-refractivity contribution in [3.63, 3.8) is 0 Å². The molecule has 0 saturated heterocycles. The van der Waals surface area contributed by atoms with E-state index in [1.807, 2.05) is 38.5 Å². The summed E-state index contributed by atoms with van der Waals surface area (Å²) in [7, 11) is 7.69. The van der Waals surface area contributed by atoms with Crippen LogP contribution < -0.4 is 24.8 Å². The number of methoxy groups -OCH3 is 1. The number of nitrogens with zero attached hydrogens (tertiary/aromatic N) is 2. The number of H-pyrrole nitrogens is 1. The Kier molecular flexibility index (Phi) is 12.3.